The predicted molar refractivity (Wildman–Crippen MR) is 66.8 cm³/mol. The lowest BCUT2D eigenvalue weighted by atomic mass is 10.1. The normalized spacial score (nSPS) is 10.2. The second-order valence-corrected chi connectivity index (χ2v) is 4.03. The Morgan fingerprint density at radius 3 is 2.38 bits per heavy atom. The van der Waals surface area contributed by atoms with Gasteiger partial charge in [0.25, 0.3) is 0 Å². The third-order valence-corrected chi connectivity index (χ3v) is 2.66. The molecule has 3 nitrogen and oxygen atoms in total. The molecular formula is C12H12ClN3. The Bertz CT molecular complexity index is 480. The molecule has 0 aliphatic carbocycles. The van der Waals surface area contributed by atoms with Gasteiger partial charge in [0.15, 0.2) is 0 Å². The monoisotopic (exact) mass is 233 g/mol. The van der Waals surface area contributed by atoms with Crippen LogP contribution in [0.3, 0.4) is 0 Å². The second-order valence-electron chi connectivity index (χ2n) is 3.67. The van der Waals surface area contributed by atoms with Gasteiger partial charge in [0.1, 0.15) is 11.5 Å². The highest BCUT2D eigenvalue weighted by atomic mass is 35.5. The Morgan fingerprint density at radius 2 is 1.81 bits per heavy atom. The van der Waals surface area contributed by atoms with Gasteiger partial charge >= 0.3 is 0 Å². The standard InChI is InChI=1S/C12H12ClN3/c1-16(2)10-5-3-9(4-6-10)11-7-14-8-15-12(11)13/h3-8H,1-2H3. The topological polar surface area (TPSA) is 29.0 Å². The van der Waals surface area contributed by atoms with Crippen LogP contribution in [0.1, 0.15) is 0 Å². The maximum absolute atomic E-state index is 6.00. The Balaban J connectivity index is 2.39. The molecule has 0 N–H and O–H groups in total. The fraction of sp³-hybridized carbons (Fsp3) is 0.167. The summed E-state index contributed by atoms with van der Waals surface area (Å²) in [7, 11) is 4.02. The van der Waals surface area contributed by atoms with Gasteiger partial charge in [0.2, 0.25) is 0 Å². The number of anilines is 1. The summed E-state index contributed by atoms with van der Waals surface area (Å²) in [5, 5.41) is 0.479. The third kappa shape index (κ3) is 2.14. The van der Waals surface area contributed by atoms with E-state index in [-0.39, 0.29) is 0 Å². The zero-order valence-electron chi connectivity index (χ0n) is 9.18. The van der Waals surface area contributed by atoms with Crippen molar-refractivity contribution in [1.29, 1.82) is 0 Å². The first-order valence-corrected chi connectivity index (χ1v) is 5.29. The Labute approximate surface area is 99.7 Å². The number of hydrogen-bond acceptors (Lipinski definition) is 3. The number of rotatable bonds is 2. The average Bonchev–Trinajstić information content (AvgIpc) is 2.30. The van der Waals surface area contributed by atoms with Crippen LogP contribution in [0.25, 0.3) is 11.1 Å². The molecule has 1 heterocycles. The van der Waals surface area contributed by atoms with E-state index in [1.807, 2.05) is 43.3 Å². The zero-order chi connectivity index (χ0) is 11.5. The molecule has 16 heavy (non-hydrogen) atoms. The molecule has 1 aromatic heterocycles. The molecule has 0 aliphatic heterocycles. The molecule has 0 saturated heterocycles. The van der Waals surface area contributed by atoms with E-state index in [1.165, 1.54) is 6.33 Å². The van der Waals surface area contributed by atoms with Crippen molar-refractivity contribution in [2.75, 3.05) is 19.0 Å². The molecule has 0 spiro atoms. The molecule has 82 valence electrons. The molecule has 0 aliphatic rings. The minimum atomic E-state index is 0.479. The molecule has 0 radical (unpaired) electrons. The summed E-state index contributed by atoms with van der Waals surface area (Å²) in [6.07, 6.45) is 3.17. The van der Waals surface area contributed by atoms with E-state index in [0.717, 1.165) is 16.8 Å². The van der Waals surface area contributed by atoms with Crippen LogP contribution in [0.15, 0.2) is 36.8 Å². The summed E-state index contributed by atoms with van der Waals surface area (Å²) < 4.78 is 0. The number of halogens is 1. The van der Waals surface area contributed by atoms with Crippen molar-refractivity contribution in [2.45, 2.75) is 0 Å². The van der Waals surface area contributed by atoms with Crippen LogP contribution in [0, 0.1) is 0 Å². The lowest BCUT2D eigenvalue weighted by Gasteiger charge is -2.12. The van der Waals surface area contributed by atoms with Crippen LogP contribution >= 0.6 is 11.6 Å². The molecule has 2 rings (SSSR count). The summed E-state index contributed by atoms with van der Waals surface area (Å²) in [4.78, 5) is 9.98. The highest BCUT2D eigenvalue weighted by Gasteiger charge is 2.04. The molecular weight excluding hydrogens is 222 g/mol. The number of nitrogens with zero attached hydrogens (tertiary/aromatic N) is 3. The van der Waals surface area contributed by atoms with Crippen molar-refractivity contribution in [1.82, 2.24) is 9.97 Å². The maximum Gasteiger partial charge on any atom is 0.140 e. The fourth-order valence-corrected chi connectivity index (χ4v) is 1.65. The largest absolute Gasteiger partial charge is 0.378 e. The third-order valence-electron chi connectivity index (χ3n) is 2.36. The predicted octanol–water partition coefficient (Wildman–Crippen LogP) is 2.86. The van der Waals surface area contributed by atoms with Crippen molar-refractivity contribution in [3.8, 4) is 11.1 Å². The van der Waals surface area contributed by atoms with Gasteiger partial charge in [-0.2, -0.15) is 0 Å². The Kier molecular flexibility index (Phi) is 3.06. The number of hydrogen-bond donors (Lipinski definition) is 0. The minimum Gasteiger partial charge on any atom is -0.378 e. The zero-order valence-corrected chi connectivity index (χ0v) is 9.94. The molecule has 0 fully saturated rings. The second kappa shape index (κ2) is 4.49. The van der Waals surface area contributed by atoms with Gasteiger partial charge in [-0.25, -0.2) is 9.97 Å². The van der Waals surface area contributed by atoms with Crippen LogP contribution in [0.2, 0.25) is 5.15 Å². The average molecular weight is 234 g/mol. The molecule has 0 bridgehead atoms. The Morgan fingerprint density at radius 1 is 1.12 bits per heavy atom. The van der Waals surface area contributed by atoms with Crippen molar-refractivity contribution in [3.05, 3.63) is 41.9 Å². The summed E-state index contributed by atoms with van der Waals surface area (Å²) in [6.45, 7) is 0. The summed E-state index contributed by atoms with van der Waals surface area (Å²) in [6, 6.07) is 8.11. The van der Waals surface area contributed by atoms with Crippen LogP contribution in [0.4, 0.5) is 5.69 Å². The number of benzene rings is 1. The van der Waals surface area contributed by atoms with E-state index in [2.05, 4.69) is 9.97 Å². The smallest absolute Gasteiger partial charge is 0.140 e. The Hall–Kier alpha value is -1.61. The van der Waals surface area contributed by atoms with Crippen molar-refractivity contribution in [2.24, 2.45) is 0 Å². The lowest BCUT2D eigenvalue weighted by molar-refractivity contribution is 1.13. The summed E-state index contributed by atoms with van der Waals surface area (Å²) in [5.41, 5.74) is 3.03. The van der Waals surface area contributed by atoms with E-state index in [9.17, 15) is 0 Å². The van der Waals surface area contributed by atoms with Gasteiger partial charge < -0.3 is 4.90 Å². The summed E-state index contributed by atoms with van der Waals surface area (Å²) in [5.74, 6) is 0. The minimum absolute atomic E-state index is 0.479. The van der Waals surface area contributed by atoms with Crippen molar-refractivity contribution in [3.63, 3.8) is 0 Å². The van der Waals surface area contributed by atoms with Crippen molar-refractivity contribution < 1.29 is 0 Å². The molecule has 0 atom stereocenters. The molecule has 1 aromatic carbocycles. The quantitative estimate of drug-likeness (QED) is 0.747. The van der Waals surface area contributed by atoms with E-state index >= 15 is 0 Å². The van der Waals surface area contributed by atoms with Crippen molar-refractivity contribution >= 4 is 17.3 Å². The highest BCUT2D eigenvalue weighted by Crippen LogP contribution is 2.26. The first kappa shape index (κ1) is 10.9. The SMILES string of the molecule is CN(C)c1ccc(-c2cncnc2Cl)cc1. The van der Waals surface area contributed by atoms with E-state index in [4.69, 9.17) is 11.6 Å². The van der Waals surface area contributed by atoms with Crippen LogP contribution in [0.5, 0.6) is 0 Å². The van der Waals surface area contributed by atoms with Crippen LogP contribution in [-0.4, -0.2) is 24.1 Å². The van der Waals surface area contributed by atoms with E-state index < -0.39 is 0 Å². The van der Waals surface area contributed by atoms with Gasteiger partial charge in [-0.3, -0.25) is 0 Å². The van der Waals surface area contributed by atoms with Gasteiger partial charge in [-0.15, -0.1) is 0 Å². The van der Waals surface area contributed by atoms with E-state index in [0.29, 0.717) is 5.15 Å². The first-order chi connectivity index (χ1) is 7.68. The number of aromatic nitrogens is 2. The first-order valence-electron chi connectivity index (χ1n) is 4.92. The van der Waals surface area contributed by atoms with Crippen LogP contribution < -0.4 is 4.90 Å². The molecule has 2 aromatic rings. The fourth-order valence-electron chi connectivity index (χ4n) is 1.45. The van der Waals surface area contributed by atoms with Gasteiger partial charge in [-0.05, 0) is 17.7 Å². The van der Waals surface area contributed by atoms with Gasteiger partial charge in [0.05, 0.1) is 0 Å². The highest BCUT2D eigenvalue weighted by molar-refractivity contribution is 6.32. The van der Waals surface area contributed by atoms with Crippen LogP contribution in [-0.2, 0) is 0 Å². The maximum atomic E-state index is 6.00. The summed E-state index contributed by atoms with van der Waals surface area (Å²) >= 11 is 6.00. The van der Waals surface area contributed by atoms with Gasteiger partial charge in [-0.1, -0.05) is 23.7 Å². The molecule has 0 amide bonds. The lowest BCUT2D eigenvalue weighted by Crippen LogP contribution is -2.07. The molecule has 0 saturated carbocycles. The molecule has 4 heteroatoms. The van der Waals surface area contributed by atoms with E-state index in [1.54, 1.807) is 6.20 Å². The van der Waals surface area contributed by atoms with Gasteiger partial charge in [0, 0.05) is 31.5 Å². The molecule has 0 unspecified atom stereocenters.